The third-order valence-electron chi connectivity index (χ3n) is 2.81. The first-order valence-corrected chi connectivity index (χ1v) is 7.16. The molecular formula is C15H16BrN3O. The molecule has 0 radical (unpaired) electrons. The van der Waals surface area contributed by atoms with E-state index in [0.29, 0.717) is 11.3 Å². The van der Waals surface area contributed by atoms with Crippen molar-refractivity contribution in [1.82, 2.24) is 4.98 Å². The van der Waals surface area contributed by atoms with E-state index in [9.17, 15) is 4.79 Å². The van der Waals surface area contributed by atoms with Crippen molar-refractivity contribution in [3.05, 3.63) is 52.3 Å². The predicted octanol–water partition coefficient (Wildman–Crippen LogP) is 3.84. The summed E-state index contributed by atoms with van der Waals surface area (Å²) in [6.45, 7) is 4.73. The predicted molar refractivity (Wildman–Crippen MR) is 85.2 cm³/mol. The number of halogens is 1. The quantitative estimate of drug-likeness (QED) is 0.893. The van der Waals surface area contributed by atoms with Gasteiger partial charge in [-0.2, -0.15) is 0 Å². The first-order chi connectivity index (χ1) is 9.61. The Hall–Kier alpha value is -1.88. The first kappa shape index (κ1) is 14.5. The summed E-state index contributed by atoms with van der Waals surface area (Å²) in [4.78, 5) is 16.4. The van der Waals surface area contributed by atoms with Crippen molar-refractivity contribution in [3.63, 3.8) is 0 Å². The van der Waals surface area contributed by atoms with Crippen LogP contribution in [0.5, 0.6) is 0 Å². The maximum Gasteiger partial charge on any atom is 0.257 e. The molecular weight excluding hydrogens is 318 g/mol. The second kappa shape index (κ2) is 6.52. The summed E-state index contributed by atoms with van der Waals surface area (Å²) < 4.78 is 0.756. The van der Waals surface area contributed by atoms with Crippen molar-refractivity contribution < 1.29 is 4.79 Å². The molecule has 0 aliphatic rings. The van der Waals surface area contributed by atoms with Crippen molar-refractivity contribution in [3.8, 4) is 0 Å². The SMILES string of the molecule is CCNc1ccc(C)cc1C(=O)Nc1ccncc1Br. The van der Waals surface area contributed by atoms with Crippen LogP contribution in [-0.4, -0.2) is 17.4 Å². The van der Waals surface area contributed by atoms with Crippen molar-refractivity contribution in [2.24, 2.45) is 0 Å². The zero-order chi connectivity index (χ0) is 14.5. The molecule has 1 aromatic heterocycles. The van der Waals surface area contributed by atoms with Gasteiger partial charge in [0.25, 0.3) is 5.91 Å². The summed E-state index contributed by atoms with van der Waals surface area (Å²) in [5.41, 5.74) is 3.22. The van der Waals surface area contributed by atoms with Crippen LogP contribution in [0.25, 0.3) is 0 Å². The fraction of sp³-hybridized carbons (Fsp3) is 0.200. The number of nitrogens with zero attached hydrogens (tertiary/aromatic N) is 1. The minimum Gasteiger partial charge on any atom is -0.385 e. The number of carbonyl (C=O) groups excluding carboxylic acids is 1. The molecule has 0 atom stereocenters. The molecule has 1 heterocycles. The van der Waals surface area contributed by atoms with Crippen LogP contribution in [0.1, 0.15) is 22.8 Å². The zero-order valence-corrected chi connectivity index (χ0v) is 13.0. The molecule has 0 aliphatic heterocycles. The number of benzene rings is 1. The number of hydrogen-bond acceptors (Lipinski definition) is 3. The highest BCUT2D eigenvalue weighted by Crippen LogP contribution is 2.23. The number of nitrogens with one attached hydrogen (secondary N) is 2. The molecule has 0 spiro atoms. The van der Waals surface area contributed by atoms with Crippen LogP contribution in [0.15, 0.2) is 41.1 Å². The van der Waals surface area contributed by atoms with Crippen molar-refractivity contribution >= 4 is 33.2 Å². The van der Waals surface area contributed by atoms with E-state index in [0.717, 1.165) is 22.3 Å². The minimum atomic E-state index is -0.142. The molecule has 0 saturated carbocycles. The number of aryl methyl sites for hydroxylation is 1. The standard InChI is InChI=1S/C15H16BrN3O/c1-3-18-13-5-4-10(2)8-11(13)15(20)19-14-6-7-17-9-12(14)16/h4-9,18H,3H2,1-2H3,(H,17,19,20). The second-order valence-electron chi connectivity index (χ2n) is 4.39. The van der Waals surface area contributed by atoms with Gasteiger partial charge in [-0.15, -0.1) is 0 Å². The smallest absolute Gasteiger partial charge is 0.257 e. The molecule has 0 aliphatic carbocycles. The lowest BCUT2D eigenvalue weighted by molar-refractivity contribution is 0.102. The van der Waals surface area contributed by atoms with E-state index in [4.69, 9.17) is 0 Å². The first-order valence-electron chi connectivity index (χ1n) is 6.37. The average Bonchev–Trinajstić information content (AvgIpc) is 2.43. The molecule has 20 heavy (non-hydrogen) atoms. The molecule has 2 N–H and O–H groups in total. The fourth-order valence-electron chi connectivity index (χ4n) is 1.86. The molecule has 5 heteroatoms. The Morgan fingerprint density at radius 2 is 2.10 bits per heavy atom. The summed E-state index contributed by atoms with van der Waals surface area (Å²) >= 11 is 3.37. The van der Waals surface area contributed by atoms with Gasteiger partial charge in [0.1, 0.15) is 0 Å². The molecule has 2 rings (SSSR count). The largest absolute Gasteiger partial charge is 0.385 e. The van der Waals surface area contributed by atoms with Gasteiger partial charge in [-0.05, 0) is 48.0 Å². The topological polar surface area (TPSA) is 54.0 Å². The Kier molecular flexibility index (Phi) is 4.74. The van der Waals surface area contributed by atoms with Crippen LogP contribution < -0.4 is 10.6 Å². The Bertz CT molecular complexity index is 628. The van der Waals surface area contributed by atoms with Crippen LogP contribution >= 0.6 is 15.9 Å². The van der Waals surface area contributed by atoms with E-state index in [1.807, 2.05) is 32.0 Å². The molecule has 4 nitrogen and oxygen atoms in total. The van der Waals surface area contributed by atoms with E-state index in [1.54, 1.807) is 18.5 Å². The van der Waals surface area contributed by atoms with Crippen LogP contribution in [0.2, 0.25) is 0 Å². The normalized spacial score (nSPS) is 10.2. The average molecular weight is 334 g/mol. The number of rotatable bonds is 4. The Balaban J connectivity index is 2.29. The zero-order valence-electron chi connectivity index (χ0n) is 11.4. The summed E-state index contributed by atoms with van der Waals surface area (Å²) in [5.74, 6) is -0.142. The summed E-state index contributed by atoms with van der Waals surface area (Å²) in [7, 11) is 0. The van der Waals surface area contributed by atoms with Crippen molar-refractivity contribution in [2.45, 2.75) is 13.8 Å². The van der Waals surface area contributed by atoms with E-state index in [-0.39, 0.29) is 5.91 Å². The Morgan fingerprint density at radius 1 is 1.30 bits per heavy atom. The maximum absolute atomic E-state index is 12.4. The third kappa shape index (κ3) is 3.36. The minimum absolute atomic E-state index is 0.142. The fourth-order valence-corrected chi connectivity index (χ4v) is 2.21. The molecule has 1 amide bonds. The van der Waals surface area contributed by atoms with Gasteiger partial charge >= 0.3 is 0 Å². The number of aromatic nitrogens is 1. The molecule has 104 valence electrons. The molecule has 2 aromatic rings. The second-order valence-corrected chi connectivity index (χ2v) is 5.24. The van der Waals surface area contributed by atoms with Gasteiger partial charge in [0.2, 0.25) is 0 Å². The molecule has 1 aromatic carbocycles. The lowest BCUT2D eigenvalue weighted by atomic mass is 10.1. The van der Waals surface area contributed by atoms with Gasteiger partial charge in [0.15, 0.2) is 0 Å². The Labute approximate surface area is 126 Å². The lowest BCUT2D eigenvalue weighted by Crippen LogP contribution is -2.15. The van der Waals surface area contributed by atoms with E-state index in [2.05, 4.69) is 31.5 Å². The highest BCUT2D eigenvalue weighted by molar-refractivity contribution is 9.10. The summed E-state index contributed by atoms with van der Waals surface area (Å²) in [6, 6.07) is 7.54. The molecule has 0 saturated heterocycles. The molecule has 0 fully saturated rings. The van der Waals surface area contributed by atoms with Gasteiger partial charge in [0.05, 0.1) is 15.7 Å². The van der Waals surface area contributed by atoms with E-state index >= 15 is 0 Å². The lowest BCUT2D eigenvalue weighted by Gasteiger charge is -2.12. The summed E-state index contributed by atoms with van der Waals surface area (Å²) in [5, 5.41) is 6.09. The number of carbonyl (C=O) groups is 1. The van der Waals surface area contributed by atoms with Gasteiger partial charge in [0, 0.05) is 24.6 Å². The molecule has 0 unspecified atom stereocenters. The van der Waals surface area contributed by atoms with Gasteiger partial charge in [-0.3, -0.25) is 9.78 Å². The highest BCUT2D eigenvalue weighted by Gasteiger charge is 2.12. The molecule has 0 bridgehead atoms. The number of pyridine rings is 1. The number of hydrogen-bond donors (Lipinski definition) is 2. The van der Waals surface area contributed by atoms with E-state index < -0.39 is 0 Å². The van der Waals surface area contributed by atoms with Crippen LogP contribution in [-0.2, 0) is 0 Å². The van der Waals surface area contributed by atoms with Gasteiger partial charge in [-0.1, -0.05) is 11.6 Å². The van der Waals surface area contributed by atoms with Crippen LogP contribution in [0.4, 0.5) is 11.4 Å². The van der Waals surface area contributed by atoms with Gasteiger partial charge < -0.3 is 10.6 Å². The van der Waals surface area contributed by atoms with Crippen LogP contribution in [0.3, 0.4) is 0 Å². The van der Waals surface area contributed by atoms with Gasteiger partial charge in [-0.25, -0.2) is 0 Å². The summed E-state index contributed by atoms with van der Waals surface area (Å²) in [6.07, 6.45) is 3.29. The highest BCUT2D eigenvalue weighted by atomic mass is 79.9. The number of amides is 1. The van der Waals surface area contributed by atoms with Crippen molar-refractivity contribution in [2.75, 3.05) is 17.2 Å². The Morgan fingerprint density at radius 3 is 2.80 bits per heavy atom. The van der Waals surface area contributed by atoms with Crippen molar-refractivity contribution in [1.29, 1.82) is 0 Å². The maximum atomic E-state index is 12.4. The number of anilines is 2. The third-order valence-corrected chi connectivity index (χ3v) is 3.44. The van der Waals surface area contributed by atoms with Crippen LogP contribution in [0, 0.1) is 6.92 Å². The van der Waals surface area contributed by atoms with E-state index in [1.165, 1.54) is 0 Å². The monoisotopic (exact) mass is 333 g/mol.